The summed E-state index contributed by atoms with van der Waals surface area (Å²) in [6.45, 7) is 3.18. The van der Waals surface area contributed by atoms with Crippen LogP contribution in [-0.2, 0) is 11.4 Å². The highest BCUT2D eigenvalue weighted by Crippen LogP contribution is 2.22. The van der Waals surface area contributed by atoms with Crippen molar-refractivity contribution in [2.75, 3.05) is 5.75 Å². The van der Waals surface area contributed by atoms with E-state index < -0.39 is 0 Å². The van der Waals surface area contributed by atoms with Crippen LogP contribution in [0.5, 0.6) is 5.75 Å². The molecule has 0 aromatic carbocycles. The lowest BCUT2D eigenvalue weighted by molar-refractivity contribution is -0.118. The van der Waals surface area contributed by atoms with Crippen LogP contribution < -0.4 is 5.43 Å². The second-order valence-electron chi connectivity index (χ2n) is 4.46. The van der Waals surface area contributed by atoms with Gasteiger partial charge in [-0.3, -0.25) is 9.78 Å². The van der Waals surface area contributed by atoms with Gasteiger partial charge < -0.3 is 10.2 Å². The van der Waals surface area contributed by atoms with Crippen LogP contribution in [0.4, 0.5) is 0 Å². The van der Waals surface area contributed by atoms with E-state index in [0.717, 1.165) is 5.01 Å². The molecule has 0 unspecified atom stereocenters. The summed E-state index contributed by atoms with van der Waals surface area (Å²) in [7, 11) is 0. The lowest BCUT2D eigenvalue weighted by Gasteiger charge is -2.06. The highest BCUT2D eigenvalue weighted by Gasteiger charge is 2.10. The maximum Gasteiger partial charge on any atom is 0.250 e. The zero-order valence-electron chi connectivity index (χ0n) is 12.5. The Morgan fingerprint density at radius 1 is 1.48 bits per heavy atom. The Morgan fingerprint density at radius 2 is 2.26 bits per heavy atom. The molecule has 0 bridgehead atoms. The van der Waals surface area contributed by atoms with E-state index in [9.17, 15) is 15.0 Å². The van der Waals surface area contributed by atoms with Gasteiger partial charge in [0.15, 0.2) is 4.34 Å². The Morgan fingerprint density at radius 3 is 2.91 bits per heavy atom. The topological polar surface area (TPSA) is 121 Å². The van der Waals surface area contributed by atoms with E-state index in [0.29, 0.717) is 21.2 Å². The summed E-state index contributed by atoms with van der Waals surface area (Å²) < 4.78 is 0.714. The molecule has 122 valence electrons. The van der Waals surface area contributed by atoms with Crippen LogP contribution in [0.3, 0.4) is 0 Å². The number of carbonyl (C=O) groups excluding carboxylic acids is 1. The molecule has 0 saturated carbocycles. The maximum atomic E-state index is 11.7. The molecule has 2 aromatic rings. The van der Waals surface area contributed by atoms with E-state index in [1.807, 2.05) is 6.92 Å². The quantitative estimate of drug-likeness (QED) is 0.402. The second-order valence-corrected chi connectivity index (χ2v) is 6.86. The van der Waals surface area contributed by atoms with Gasteiger partial charge in [-0.25, -0.2) is 5.43 Å². The molecule has 0 aliphatic carbocycles. The number of hydrogen-bond acceptors (Lipinski definition) is 9. The lowest BCUT2D eigenvalue weighted by atomic mass is 10.1. The summed E-state index contributed by atoms with van der Waals surface area (Å²) in [6.07, 6.45) is 2.74. The van der Waals surface area contributed by atoms with Gasteiger partial charge >= 0.3 is 0 Å². The number of hydrogen-bond donors (Lipinski definition) is 3. The Hall–Kier alpha value is -2.04. The van der Waals surface area contributed by atoms with Gasteiger partial charge in [-0.1, -0.05) is 23.1 Å². The average molecular weight is 353 g/mol. The first-order chi connectivity index (χ1) is 11.0. The smallest absolute Gasteiger partial charge is 0.250 e. The first-order valence-corrected chi connectivity index (χ1v) is 8.34. The summed E-state index contributed by atoms with van der Waals surface area (Å²) in [4.78, 5) is 15.7. The number of rotatable bonds is 6. The van der Waals surface area contributed by atoms with Crippen LogP contribution in [0.25, 0.3) is 0 Å². The Labute approximate surface area is 140 Å². The van der Waals surface area contributed by atoms with Gasteiger partial charge in [0.25, 0.3) is 5.91 Å². The molecule has 2 heterocycles. The van der Waals surface area contributed by atoms with Crippen LogP contribution in [-0.4, -0.2) is 43.3 Å². The van der Waals surface area contributed by atoms with Gasteiger partial charge in [-0.2, -0.15) is 5.10 Å². The molecule has 0 saturated heterocycles. The number of hydrazone groups is 1. The fraction of sp³-hybridized carbons (Fsp3) is 0.308. The van der Waals surface area contributed by atoms with Crippen LogP contribution in [0.1, 0.15) is 21.8 Å². The molecule has 0 fully saturated rings. The third kappa shape index (κ3) is 4.71. The van der Waals surface area contributed by atoms with Gasteiger partial charge in [0.1, 0.15) is 10.8 Å². The second kappa shape index (κ2) is 7.99. The number of aryl methyl sites for hydroxylation is 2. The molecular weight excluding hydrogens is 338 g/mol. The number of aromatic nitrogens is 3. The van der Waals surface area contributed by atoms with E-state index in [4.69, 9.17) is 0 Å². The number of aliphatic hydroxyl groups excluding tert-OH is 1. The zero-order chi connectivity index (χ0) is 16.8. The van der Waals surface area contributed by atoms with Gasteiger partial charge in [0.05, 0.1) is 24.3 Å². The Balaban J connectivity index is 1.93. The third-order valence-corrected chi connectivity index (χ3v) is 4.72. The minimum Gasteiger partial charge on any atom is -0.505 e. The third-order valence-electron chi connectivity index (χ3n) is 2.75. The van der Waals surface area contributed by atoms with E-state index in [1.165, 1.54) is 35.5 Å². The van der Waals surface area contributed by atoms with Crippen molar-refractivity contribution in [3.63, 3.8) is 0 Å². The Kier molecular flexibility index (Phi) is 6.02. The molecule has 0 atom stereocenters. The van der Waals surface area contributed by atoms with Crippen LogP contribution >= 0.6 is 23.1 Å². The van der Waals surface area contributed by atoms with Crippen molar-refractivity contribution in [1.82, 2.24) is 20.6 Å². The van der Waals surface area contributed by atoms with E-state index in [-0.39, 0.29) is 24.0 Å². The first-order valence-electron chi connectivity index (χ1n) is 6.54. The van der Waals surface area contributed by atoms with Crippen molar-refractivity contribution in [3.8, 4) is 5.75 Å². The van der Waals surface area contributed by atoms with E-state index >= 15 is 0 Å². The predicted octanol–water partition coefficient (Wildman–Crippen LogP) is 0.990. The summed E-state index contributed by atoms with van der Waals surface area (Å²) in [5.41, 5.74) is 3.52. The minimum absolute atomic E-state index is 0.0757. The molecule has 8 nitrogen and oxygen atoms in total. The van der Waals surface area contributed by atoms with Gasteiger partial charge in [0.2, 0.25) is 0 Å². The normalized spacial score (nSPS) is 11.1. The SMILES string of the molecule is Cc1nnc(SCC(=O)NN=Cc2c(CO)cnc(C)c2O)s1. The van der Waals surface area contributed by atoms with Crippen molar-refractivity contribution in [2.45, 2.75) is 24.8 Å². The molecule has 2 rings (SSSR count). The van der Waals surface area contributed by atoms with Crippen molar-refractivity contribution >= 4 is 35.2 Å². The number of nitrogens with zero attached hydrogens (tertiary/aromatic N) is 4. The van der Waals surface area contributed by atoms with E-state index in [2.05, 4.69) is 25.7 Å². The van der Waals surface area contributed by atoms with Crippen molar-refractivity contribution in [1.29, 1.82) is 0 Å². The van der Waals surface area contributed by atoms with Crippen LogP contribution in [0.2, 0.25) is 0 Å². The summed E-state index contributed by atoms with van der Waals surface area (Å²) in [6, 6.07) is 0. The fourth-order valence-electron chi connectivity index (χ4n) is 1.59. The zero-order valence-corrected chi connectivity index (χ0v) is 14.1. The highest BCUT2D eigenvalue weighted by atomic mass is 32.2. The molecule has 0 aliphatic rings. The monoisotopic (exact) mass is 353 g/mol. The lowest BCUT2D eigenvalue weighted by Crippen LogP contribution is -2.19. The standard InChI is InChI=1S/C13H15N5O3S2/c1-7-12(21)10(9(5-19)3-14-7)4-15-17-11(20)6-22-13-18-16-8(2)23-13/h3-4,19,21H,5-6H2,1-2H3,(H,17,20). The largest absolute Gasteiger partial charge is 0.505 e. The van der Waals surface area contributed by atoms with Crippen LogP contribution in [0.15, 0.2) is 15.6 Å². The predicted molar refractivity (Wildman–Crippen MR) is 87.7 cm³/mol. The molecule has 10 heteroatoms. The summed E-state index contributed by atoms with van der Waals surface area (Å²) in [5.74, 6) is -0.233. The van der Waals surface area contributed by atoms with Gasteiger partial charge in [0, 0.05) is 17.3 Å². The maximum absolute atomic E-state index is 11.7. The minimum atomic E-state index is -0.310. The number of nitrogens with one attached hydrogen (secondary N) is 1. The first kappa shape index (κ1) is 17.3. The number of thioether (sulfide) groups is 1. The van der Waals surface area contributed by atoms with Crippen molar-refractivity contribution < 1.29 is 15.0 Å². The van der Waals surface area contributed by atoms with Crippen molar-refractivity contribution in [2.24, 2.45) is 5.10 Å². The molecule has 1 amide bonds. The fourth-order valence-corrected chi connectivity index (χ4v) is 3.20. The van der Waals surface area contributed by atoms with E-state index in [1.54, 1.807) is 6.92 Å². The van der Waals surface area contributed by atoms with Crippen molar-refractivity contribution in [3.05, 3.63) is 28.0 Å². The average Bonchev–Trinajstić information content (AvgIpc) is 2.95. The molecule has 0 radical (unpaired) electrons. The number of aromatic hydroxyl groups is 1. The Bertz CT molecular complexity index is 732. The molecule has 0 aliphatic heterocycles. The van der Waals surface area contributed by atoms with Crippen LogP contribution in [0, 0.1) is 13.8 Å². The number of carbonyl (C=O) groups is 1. The van der Waals surface area contributed by atoms with Gasteiger partial charge in [-0.05, 0) is 13.8 Å². The van der Waals surface area contributed by atoms with Gasteiger partial charge in [-0.15, -0.1) is 10.2 Å². The molecular formula is C13H15N5O3S2. The molecule has 2 aromatic heterocycles. The number of pyridine rings is 1. The molecule has 23 heavy (non-hydrogen) atoms. The summed E-state index contributed by atoms with van der Waals surface area (Å²) in [5, 5.41) is 31.6. The molecule has 3 N–H and O–H groups in total. The molecule has 0 spiro atoms. The number of aliphatic hydroxyl groups is 1. The number of amides is 1. The highest BCUT2D eigenvalue weighted by molar-refractivity contribution is 8.01. The summed E-state index contributed by atoms with van der Waals surface area (Å²) >= 11 is 2.68.